The summed E-state index contributed by atoms with van der Waals surface area (Å²) in [5.41, 5.74) is 4.74. The molecule has 0 bridgehead atoms. The molecule has 0 saturated heterocycles. The van der Waals surface area contributed by atoms with Crippen molar-refractivity contribution < 1.29 is 9.53 Å². The van der Waals surface area contributed by atoms with Crippen LogP contribution in [0.1, 0.15) is 11.1 Å². The van der Waals surface area contributed by atoms with E-state index in [0.29, 0.717) is 21.6 Å². The highest BCUT2D eigenvalue weighted by molar-refractivity contribution is 7.99. The molecule has 0 aliphatic heterocycles. The van der Waals surface area contributed by atoms with Crippen molar-refractivity contribution in [3.63, 3.8) is 0 Å². The maximum Gasteiger partial charge on any atom is 0.234 e. The second kappa shape index (κ2) is 7.93. The van der Waals surface area contributed by atoms with Gasteiger partial charge in [0.2, 0.25) is 5.91 Å². The zero-order valence-electron chi connectivity index (χ0n) is 16.2. The third-order valence-corrected chi connectivity index (χ3v) is 5.88. The molecule has 6 nitrogen and oxygen atoms in total. The first-order chi connectivity index (χ1) is 14.0. The first-order valence-electron chi connectivity index (χ1n) is 8.98. The molecule has 0 fully saturated rings. The van der Waals surface area contributed by atoms with Gasteiger partial charge in [-0.05, 0) is 49.2 Å². The summed E-state index contributed by atoms with van der Waals surface area (Å²) in [5.74, 6) is 0.610. The van der Waals surface area contributed by atoms with Gasteiger partial charge in [0.25, 0.3) is 0 Å². The Morgan fingerprint density at radius 1 is 1.17 bits per heavy atom. The van der Waals surface area contributed by atoms with Crippen LogP contribution in [0.5, 0.6) is 5.75 Å². The van der Waals surface area contributed by atoms with Gasteiger partial charge in [0.05, 0.1) is 23.4 Å². The molecule has 0 atom stereocenters. The molecular formula is C21H19ClN4O2S. The predicted molar refractivity (Wildman–Crippen MR) is 117 cm³/mol. The number of aromatic nitrogens is 3. The normalized spacial score (nSPS) is 11.2. The van der Waals surface area contributed by atoms with E-state index in [1.54, 1.807) is 25.3 Å². The number of pyridine rings is 1. The molecule has 0 spiro atoms. The molecule has 1 amide bonds. The number of halogens is 1. The van der Waals surface area contributed by atoms with E-state index in [0.717, 1.165) is 27.7 Å². The largest absolute Gasteiger partial charge is 0.495 e. The number of nitrogens with zero attached hydrogens (tertiary/aromatic N) is 3. The molecule has 2 aromatic carbocycles. The van der Waals surface area contributed by atoms with Crippen LogP contribution in [0, 0.1) is 13.8 Å². The van der Waals surface area contributed by atoms with Crippen LogP contribution in [0.3, 0.4) is 0 Å². The van der Waals surface area contributed by atoms with Gasteiger partial charge in [-0.15, -0.1) is 10.2 Å². The smallest absolute Gasteiger partial charge is 0.234 e. The van der Waals surface area contributed by atoms with E-state index in [1.807, 2.05) is 16.5 Å². The van der Waals surface area contributed by atoms with Crippen LogP contribution in [-0.2, 0) is 4.79 Å². The number of carbonyl (C=O) groups is 1. The molecule has 0 aliphatic carbocycles. The number of hydrogen-bond donors (Lipinski definition) is 1. The fourth-order valence-corrected chi connectivity index (χ4v) is 4.30. The summed E-state index contributed by atoms with van der Waals surface area (Å²) in [6.45, 7) is 4.13. The van der Waals surface area contributed by atoms with Gasteiger partial charge in [-0.25, -0.2) is 0 Å². The number of nitrogens with one attached hydrogen (secondary N) is 1. The van der Waals surface area contributed by atoms with E-state index < -0.39 is 0 Å². The number of hydrogen-bond acceptors (Lipinski definition) is 5. The number of fused-ring (bicyclic) bond motifs is 3. The van der Waals surface area contributed by atoms with Crippen LogP contribution in [0.4, 0.5) is 5.69 Å². The Balaban J connectivity index is 1.57. The Morgan fingerprint density at radius 3 is 2.76 bits per heavy atom. The molecule has 29 heavy (non-hydrogen) atoms. The van der Waals surface area contributed by atoms with Crippen molar-refractivity contribution in [2.75, 3.05) is 18.2 Å². The van der Waals surface area contributed by atoms with Gasteiger partial charge in [0.15, 0.2) is 10.8 Å². The molecule has 4 rings (SSSR count). The van der Waals surface area contributed by atoms with E-state index in [-0.39, 0.29) is 11.7 Å². The number of amides is 1. The molecule has 8 heteroatoms. The minimum Gasteiger partial charge on any atom is -0.495 e. The van der Waals surface area contributed by atoms with Crippen molar-refractivity contribution in [3.8, 4) is 5.75 Å². The molecule has 2 aromatic heterocycles. The fourth-order valence-electron chi connectivity index (χ4n) is 3.30. The summed E-state index contributed by atoms with van der Waals surface area (Å²) >= 11 is 7.46. The summed E-state index contributed by atoms with van der Waals surface area (Å²) in [7, 11) is 1.55. The minimum absolute atomic E-state index is 0.152. The van der Waals surface area contributed by atoms with Crippen molar-refractivity contribution in [1.29, 1.82) is 0 Å². The SMILES string of the molecule is COc1ccc(NC(=O)CSc2nnc3cc(C)c4cccc(C)c4n23)cc1Cl. The molecule has 0 unspecified atom stereocenters. The average Bonchev–Trinajstić information content (AvgIpc) is 3.09. The van der Waals surface area contributed by atoms with E-state index in [4.69, 9.17) is 16.3 Å². The lowest BCUT2D eigenvalue weighted by atomic mass is 10.1. The second-order valence-electron chi connectivity index (χ2n) is 6.66. The first-order valence-corrected chi connectivity index (χ1v) is 10.3. The van der Waals surface area contributed by atoms with Crippen molar-refractivity contribution in [2.24, 2.45) is 0 Å². The Kier molecular flexibility index (Phi) is 5.34. The van der Waals surface area contributed by atoms with E-state index in [2.05, 4.69) is 41.5 Å². The van der Waals surface area contributed by atoms with Gasteiger partial charge in [-0.1, -0.05) is 41.6 Å². The number of rotatable bonds is 5. The van der Waals surface area contributed by atoms with Crippen LogP contribution in [0.15, 0.2) is 47.6 Å². The van der Waals surface area contributed by atoms with Crippen molar-refractivity contribution in [2.45, 2.75) is 19.0 Å². The monoisotopic (exact) mass is 426 g/mol. The van der Waals surface area contributed by atoms with Crippen molar-refractivity contribution >= 4 is 51.5 Å². The van der Waals surface area contributed by atoms with Crippen LogP contribution in [0.2, 0.25) is 5.02 Å². The summed E-state index contributed by atoms with van der Waals surface area (Å²) in [4.78, 5) is 12.4. The molecule has 148 valence electrons. The maximum absolute atomic E-state index is 12.4. The average molecular weight is 427 g/mol. The number of aryl methyl sites for hydroxylation is 2. The molecule has 2 heterocycles. The molecule has 1 N–H and O–H groups in total. The van der Waals surface area contributed by atoms with Gasteiger partial charge >= 0.3 is 0 Å². The third kappa shape index (κ3) is 3.75. The number of ether oxygens (including phenoxy) is 1. The number of anilines is 1. The number of methoxy groups -OCH3 is 1. The Morgan fingerprint density at radius 2 is 2.00 bits per heavy atom. The Hall–Kier alpha value is -2.77. The van der Waals surface area contributed by atoms with Gasteiger partial charge in [-0.2, -0.15) is 0 Å². The van der Waals surface area contributed by atoms with Gasteiger partial charge in [0.1, 0.15) is 5.75 Å². The maximum atomic E-state index is 12.4. The summed E-state index contributed by atoms with van der Waals surface area (Å²) in [5, 5.41) is 13.7. The molecular weight excluding hydrogens is 408 g/mol. The second-order valence-corrected chi connectivity index (χ2v) is 8.01. The standard InChI is InChI=1S/C21H19ClN4O2S/c1-12-5-4-6-15-13(2)9-18-24-25-21(26(18)20(12)15)29-11-19(27)23-14-7-8-17(28-3)16(22)10-14/h4-10H,11H2,1-3H3,(H,23,27). The van der Waals surface area contributed by atoms with Crippen LogP contribution >= 0.6 is 23.4 Å². The number of para-hydroxylation sites is 1. The molecule has 0 radical (unpaired) electrons. The van der Waals surface area contributed by atoms with E-state index in [1.165, 1.54) is 11.8 Å². The lowest BCUT2D eigenvalue weighted by molar-refractivity contribution is -0.113. The van der Waals surface area contributed by atoms with Crippen LogP contribution in [0.25, 0.3) is 16.6 Å². The zero-order valence-corrected chi connectivity index (χ0v) is 17.8. The van der Waals surface area contributed by atoms with Crippen LogP contribution < -0.4 is 10.1 Å². The van der Waals surface area contributed by atoms with Gasteiger partial charge in [-0.3, -0.25) is 9.20 Å². The lowest BCUT2D eigenvalue weighted by Gasteiger charge is -2.10. The zero-order chi connectivity index (χ0) is 20.5. The quantitative estimate of drug-likeness (QED) is 0.460. The van der Waals surface area contributed by atoms with Gasteiger partial charge in [0, 0.05) is 11.1 Å². The summed E-state index contributed by atoms with van der Waals surface area (Å²) in [6, 6.07) is 13.3. The first kappa shape index (κ1) is 19.5. The summed E-state index contributed by atoms with van der Waals surface area (Å²) < 4.78 is 7.14. The topological polar surface area (TPSA) is 68.5 Å². The van der Waals surface area contributed by atoms with E-state index >= 15 is 0 Å². The Labute approximate surface area is 177 Å². The lowest BCUT2D eigenvalue weighted by Crippen LogP contribution is -2.14. The van der Waals surface area contributed by atoms with E-state index in [9.17, 15) is 4.79 Å². The highest BCUT2D eigenvalue weighted by atomic mass is 35.5. The highest BCUT2D eigenvalue weighted by Gasteiger charge is 2.15. The predicted octanol–water partition coefficient (Wildman–Crippen LogP) is 4.89. The fraction of sp³-hybridized carbons (Fsp3) is 0.190. The number of benzene rings is 2. The highest BCUT2D eigenvalue weighted by Crippen LogP contribution is 2.29. The molecule has 0 saturated carbocycles. The summed E-state index contributed by atoms with van der Waals surface area (Å²) in [6.07, 6.45) is 0. The molecule has 0 aliphatic rings. The molecule has 4 aromatic rings. The third-order valence-electron chi connectivity index (χ3n) is 4.66. The van der Waals surface area contributed by atoms with Crippen LogP contribution in [-0.4, -0.2) is 33.4 Å². The number of carbonyl (C=O) groups excluding carboxylic acids is 1. The van der Waals surface area contributed by atoms with Crippen molar-refractivity contribution in [3.05, 3.63) is 58.6 Å². The van der Waals surface area contributed by atoms with Crippen molar-refractivity contribution in [1.82, 2.24) is 14.6 Å². The Bertz CT molecular complexity index is 1240. The number of thioether (sulfide) groups is 1. The van der Waals surface area contributed by atoms with Gasteiger partial charge < -0.3 is 10.1 Å². The minimum atomic E-state index is -0.152.